The minimum absolute atomic E-state index is 0. The van der Waals surface area contributed by atoms with Gasteiger partial charge < -0.3 is 20.1 Å². The Hall–Kier alpha value is -1.97. The van der Waals surface area contributed by atoms with Gasteiger partial charge in [0, 0.05) is 26.4 Å². The summed E-state index contributed by atoms with van der Waals surface area (Å²) in [6, 6.07) is 3.11. The number of rotatable bonds is 8. The van der Waals surface area contributed by atoms with Crippen molar-refractivity contribution in [3.8, 4) is 5.75 Å². The van der Waals surface area contributed by atoms with Crippen LogP contribution in [0.1, 0.15) is 23.2 Å². The van der Waals surface area contributed by atoms with E-state index in [2.05, 4.69) is 15.7 Å². The van der Waals surface area contributed by atoms with E-state index < -0.39 is 12.5 Å². The van der Waals surface area contributed by atoms with Crippen LogP contribution < -0.4 is 15.4 Å². The number of carbonyl (C=O) groups is 1. The lowest BCUT2D eigenvalue weighted by atomic mass is 9.98. The number of fused-ring (bicyclic) bond motifs is 1. The smallest absolute Gasteiger partial charge is 0.387 e. The lowest BCUT2D eigenvalue weighted by Gasteiger charge is -2.22. The van der Waals surface area contributed by atoms with E-state index in [-0.39, 0.29) is 30.3 Å². The topological polar surface area (TPSA) is 77.4 Å². The number of hydrogen-bond donors (Lipinski definition) is 2. The van der Waals surface area contributed by atoms with Crippen LogP contribution in [0.2, 0.25) is 0 Å². The zero-order valence-electron chi connectivity index (χ0n) is 15.6. The second-order valence-electron chi connectivity index (χ2n) is 6.55. The van der Waals surface area contributed by atoms with Gasteiger partial charge in [0.15, 0.2) is 0 Å². The SMILES string of the molecule is COCCNC(=O)c1ccc2nn(CC3CCNCC3)cc2c1OC(F)F.Cl. The molecule has 0 spiro atoms. The van der Waals surface area contributed by atoms with Crippen LogP contribution in [0.3, 0.4) is 0 Å². The van der Waals surface area contributed by atoms with Crippen molar-refractivity contribution >= 4 is 29.2 Å². The molecule has 0 saturated carbocycles. The van der Waals surface area contributed by atoms with Crippen LogP contribution in [-0.2, 0) is 11.3 Å². The molecule has 1 aliphatic rings. The maximum absolute atomic E-state index is 13.0. The maximum Gasteiger partial charge on any atom is 0.387 e. The van der Waals surface area contributed by atoms with Crippen molar-refractivity contribution in [2.75, 3.05) is 33.4 Å². The van der Waals surface area contributed by atoms with Crippen LogP contribution >= 0.6 is 12.4 Å². The van der Waals surface area contributed by atoms with E-state index in [1.807, 2.05) is 0 Å². The van der Waals surface area contributed by atoms with Crippen molar-refractivity contribution in [2.24, 2.45) is 5.92 Å². The van der Waals surface area contributed by atoms with Crippen LogP contribution in [0.5, 0.6) is 5.75 Å². The van der Waals surface area contributed by atoms with E-state index in [1.54, 1.807) is 16.9 Å². The van der Waals surface area contributed by atoms with Crippen LogP contribution in [0.15, 0.2) is 18.3 Å². The molecule has 3 rings (SSSR count). The molecule has 156 valence electrons. The van der Waals surface area contributed by atoms with Gasteiger partial charge in [-0.15, -0.1) is 12.4 Å². The lowest BCUT2D eigenvalue weighted by molar-refractivity contribution is -0.0491. The molecule has 0 aliphatic carbocycles. The van der Waals surface area contributed by atoms with Crippen LogP contribution in [-0.4, -0.2) is 55.7 Å². The predicted molar refractivity (Wildman–Crippen MR) is 103 cm³/mol. The molecular weight excluding hydrogens is 394 g/mol. The number of amides is 1. The summed E-state index contributed by atoms with van der Waals surface area (Å²) < 4.78 is 37.3. The number of halogens is 3. The minimum Gasteiger partial charge on any atom is -0.433 e. The van der Waals surface area contributed by atoms with Crippen LogP contribution in [0, 0.1) is 5.92 Å². The molecule has 2 N–H and O–H groups in total. The van der Waals surface area contributed by atoms with Gasteiger partial charge in [-0.05, 0) is 44.0 Å². The third-order valence-electron chi connectivity index (χ3n) is 4.63. The van der Waals surface area contributed by atoms with Gasteiger partial charge in [-0.25, -0.2) is 0 Å². The number of benzene rings is 1. The first-order chi connectivity index (χ1) is 13.1. The summed E-state index contributed by atoms with van der Waals surface area (Å²) in [5.74, 6) is -0.151. The Labute approximate surface area is 168 Å². The van der Waals surface area contributed by atoms with Gasteiger partial charge in [0.2, 0.25) is 0 Å². The molecule has 10 heteroatoms. The number of hydrogen-bond acceptors (Lipinski definition) is 5. The van der Waals surface area contributed by atoms with E-state index in [1.165, 1.54) is 13.2 Å². The minimum atomic E-state index is -3.03. The molecule has 1 amide bonds. The fraction of sp³-hybridized carbons (Fsp3) is 0.556. The molecule has 1 saturated heterocycles. The second-order valence-corrected chi connectivity index (χ2v) is 6.55. The number of carbonyl (C=O) groups excluding carboxylic acids is 1. The number of methoxy groups -OCH3 is 1. The van der Waals surface area contributed by atoms with Gasteiger partial charge in [0.25, 0.3) is 5.91 Å². The molecular formula is C18H25ClF2N4O3. The molecule has 2 heterocycles. The van der Waals surface area contributed by atoms with Gasteiger partial charge in [0.1, 0.15) is 5.75 Å². The summed E-state index contributed by atoms with van der Waals surface area (Å²) >= 11 is 0. The van der Waals surface area contributed by atoms with E-state index in [0.717, 1.165) is 25.9 Å². The number of ether oxygens (including phenoxy) is 2. The number of piperidine rings is 1. The molecule has 1 aliphatic heterocycles. The summed E-state index contributed by atoms with van der Waals surface area (Å²) in [6.45, 7) is 0.214. The fourth-order valence-electron chi connectivity index (χ4n) is 3.30. The van der Waals surface area contributed by atoms with E-state index >= 15 is 0 Å². The summed E-state index contributed by atoms with van der Waals surface area (Å²) in [6.07, 6.45) is 3.77. The zero-order chi connectivity index (χ0) is 19.2. The average Bonchev–Trinajstić information content (AvgIpc) is 3.05. The highest BCUT2D eigenvalue weighted by atomic mass is 35.5. The molecule has 0 atom stereocenters. The number of nitrogens with zero attached hydrogens (tertiary/aromatic N) is 2. The molecule has 28 heavy (non-hydrogen) atoms. The van der Waals surface area contributed by atoms with E-state index in [0.29, 0.717) is 30.0 Å². The van der Waals surface area contributed by atoms with Crippen LogP contribution in [0.4, 0.5) is 8.78 Å². The molecule has 7 nitrogen and oxygen atoms in total. The molecule has 1 aromatic carbocycles. The van der Waals surface area contributed by atoms with Gasteiger partial charge in [0.05, 0.1) is 23.1 Å². The Morgan fingerprint density at radius 2 is 2.14 bits per heavy atom. The summed E-state index contributed by atoms with van der Waals surface area (Å²) in [5, 5.41) is 10.8. The third kappa shape index (κ3) is 5.52. The molecule has 0 radical (unpaired) electrons. The van der Waals surface area contributed by atoms with Crippen molar-refractivity contribution in [1.82, 2.24) is 20.4 Å². The van der Waals surface area contributed by atoms with Crippen molar-refractivity contribution in [2.45, 2.75) is 26.0 Å². The fourth-order valence-corrected chi connectivity index (χ4v) is 3.30. The van der Waals surface area contributed by atoms with Gasteiger partial charge in [-0.3, -0.25) is 9.48 Å². The van der Waals surface area contributed by atoms with Gasteiger partial charge in [-0.1, -0.05) is 0 Å². The molecule has 2 aromatic rings. The third-order valence-corrected chi connectivity index (χ3v) is 4.63. The first kappa shape index (κ1) is 22.3. The molecule has 0 unspecified atom stereocenters. The Morgan fingerprint density at radius 1 is 1.39 bits per heavy atom. The highest BCUT2D eigenvalue weighted by Crippen LogP contribution is 2.31. The highest BCUT2D eigenvalue weighted by molar-refractivity contribution is 6.03. The summed E-state index contributed by atoms with van der Waals surface area (Å²) in [7, 11) is 1.51. The largest absolute Gasteiger partial charge is 0.433 e. The van der Waals surface area contributed by atoms with Crippen molar-refractivity contribution in [3.05, 3.63) is 23.9 Å². The van der Waals surface area contributed by atoms with Gasteiger partial charge in [-0.2, -0.15) is 13.9 Å². The first-order valence-corrected chi connectivity index (χ1v) is 9.01. The van der Waals surface area contributed by atoms with Crippen molar-refractivity contribution in [1.29, 1.82) is 0 Å². The number of aromatic nitrogens is 2. The Kier molecular flexibility index (Phi) is 8.40. The Bertz CT molecular complexity index is 782. The number of alkyl halides is 2. The second kappa shape index (κ2) is 10.5. The van der Waals surface area contributed by atoms with E-state index in [9.17, 15) is 13.6 Å². The zero-order valence-corrected chi connectivity index (χ0v) is 16.4. The Balaban J connectivity index is 0.00000280. The van der Waals surface area contributed by atoms with Gasteiger partial charge >= 0.3 is 6.61 Å². The van der Waals surface area contributed by atoms with E-state index in [4.69, 9.17) is 9.47 Å². The normalized spacial score (nSPS) is 14.9. The quantitative estimate of drug-likeness (QED) is 0.644. The predicted octanol–water partition coefficient (Wildman–Crippen LogP) is 2.44. The van der Waals surface area contributed by atoms with Crippen molar-refractivity contribution in [3.63, 3.8) is 0 Å². The monoisotopic (exact) mass is 418 g/mol. The first-order valence-electron chi connectivity index (χ1n) is 9.01. The maximum atomic E-state index is 13.0. The molecule has 1 fully saturated rings. The van der Waals surface area contributed by atoms with Crippen molar-refractivity contribution < 1.29 is 23.0 Å². The summed E-state index contributed by atoms with van der Waals surface area (Å²) in [4.78, 5) is 12.4. The standard InChI is InChI=1S/C18H24F2N4O3.ClH/c1-26-9-8-22-17(25)13-2-3-15-14(16(13)27-18(19)20)11-24(23-15)10-12-4-6-21-7-5-12;/h2-3,11-12,18,21H,4-10H2,1H3,(H,22,25);1H. The molecule has 0 bridgehead atoms. The molecule has 1 aromatic heterocycles. The van der Waals surface area contributed by atoms with Crippen LogP contribution in [0.25, 0.3) is 10.9 Å². The Morgan fingerprint density at radius 3 is 2.82 bits per heavy atom. The summed E-state index contributed by atoms with van der Waals surface area (Å²) in [5.41, 5.74) is 0.577. The lowest BCUT2D eigenvalue weighted by Crippen LogP contribution is -2.29. The highest BCUT2D eigenvalue weighted by Gasteiger charge is 2.21. The number of nitrogens with one attached hydrogen (secondary N) is 2. The average molecular weight is 419 g/mol.